The lowest BCUT2D eigenvalue weighted by atomic mass is 10.0. The van der Waals surface area contributed by atoms with Gasteiger partial charge >= 0.3 is 0 Å². The molecule has 0 bridgehead atoms. The van der Waals surface area contributed by atoms with Crippen molar-refractivity contribution in [2.75, 3.05) is 0 Å². The van der Waals surface area contributed by atoms with E-state index in [-0.39, 0.29) is 17.0 Å². The quantitative estimate of drug-likeness (QED) is 0.206. The minimum Gasteiger partial charge on any atom is -0.203 e. The second kappa shape index (κ2) is 7.05. The van der Waals surface area contributed by atoms with Crippen LogP contribution in [-0.4, -0.2) is 8.07 Å². The second-order valence-electron chi connectivity index (χ2n) is 8.57. The van der Waals surface area contributed by atoms with E-state index in [1.807, 2.05) is 44.2 Å². The molecular formula is C24H21F5Si. The molecule has 0 nitrogen and oxygen atoms in total. The van der Waals surface area contributed by atoms with E-state index in [0.717, 1.165) is 21.9 Å². The summed E-state index contributed by atoms with van der Waals surface area (Å²) in [6.45, 7) is 7.94. The van der Waals surface area contributed by atoms with Gasteiger partial charge in [0.25, 0.3) is 0 Å². The molecule has 6 heteroatoms. The third kappa shape index (κ3) is 2.84. The predicted octanol–water partition coefficient (Wildman–Crippen LogP) is 7.33. The first-order chi connectivity index (χ1) is 14.1. The van der Waals surface area contributed by atoms with E-state index in [1.54, 1.807) is 6.08 Å². The summed E-state index contributed by atoms with van der Waals surface area (Å²) in [4.78, 5) is 0. The Labute approximate surface area is 173 Å². The van der Waals surface area contributed by atoms with Crippen molar-refractivity contribution in [3.8, 4) is 0 Å². The first-order valence-corrected chi connectivity index (χ1v) is 12.9. The summed E-state index contributed by atoms with van der Waals surface area (Å²) in [5.41, 5.74) is 2.44. The molecule has 0 radical (unpaired) electrons. The van der Waals surface area contributed by atoms with Crippen molar-refractivity contribution in [3.05, 3.63) is 93.0 Å². The standard InChI is InChI=1S/C24H21F5Si/c1-12-11-16(18-19(25)21(27)23(29)22(28)20(18)26)24(13(12)2)30(3,4)17-10-9-14-7-5-6-8-15(14)17/h5-11,13,17H,1-4H3. The Morgan fingerprint density at radius 2 is 1.40 bits per heavy atom. The molecule has 2 unspecified atom stereocenters. The van der Waals surface area contributed by atoms with Gasteiger partial charge in [0.2, 0.25) is 5.82 Å². The number of allylic oxidation sites excluding steroid dienone is 5. The molecule has 0 aliphatic heterocycles. The van der Waals surface area contributed by atoms with E-state index in [1.165, 1.54) is 0 Å². The molecule has 2 aliphatic rings. The van der Waals surface area contributed by atoms with Gasteiger partial charge in [0.15, 0.2) is 23.3 Å². The fourth-order valence-corrected chi connectivity index (χ4v) is 9.08. The first kappa shape index (κ1) is 20.8. The fraction of sp³-hybridized carbons (Fsp3) is 0.250. The van der Waals surface area contributed by atoms with Crippen LogP contribution in [0.2, 0.25) is 13.1 Å². The smallest absolute Gasteiger partial charge is 0.200 e. The van der Waals surface area contributed by atoms with Crippen LogP contribution in [0.3, 0.4) is 0 Å². The molecule has 0 saturated heterocycles. The van der Waals surface area contributed by atoms with Gasteiger partial charge in [-0.05, 0) is 29.5 Å². The Morgan fingerprint density at radius 3 is 2.03 bits per heavy atom. The van der Waals surface area contributed by atoms with Gasteiger partial charge in [-0.3, -0.25) is 0 Å². The average molecular weight is 433 g/mol. The summed E-state index contributed by atoms with van der Waals surface area (Å²) >= 11 is 0. The van der Waals surface area contributed by atoms with Crippen molar-refractivity contribution >= 4 is 19.7 Å². The van der Waals surface area contributed by atoms with Crippen LogP contribution in [0.5, 0.6) is 0 Å². The highest BCUT2D eigenvalue weighted by Crippen LogP contribution is 2.49. The molecule has 2 aliphatic carbocycles. The van der Waals surface area contributed by atoms with E-state index in [4.69, 9.17) is 0 Å². The summed E-state index contributed by atoms with van der Waals surface area (Å²) in [7, 11) is -2.46. The zero-order valence-electron chi connectivity index (χ0n) is 17.1. The van der Waals surface area contributed by atoms with Gasteiger partial charge in [0.1, 0.15) is 0 Å². The largest absolute Gasteiger partial charge is 0.203 e. The van der Waals surface area contributed by atoms with Crippen LogP contribution in [0.4, 0.5) is 22.0 Å². The summed E-state index contributed by atoms with van der Waals surface area (Å²) in [5, 5.41) is 0.801. The Morgan fingerprint density at radius 1 is 0.833 bits per heavy atom. The third-order valence-corrected chi connectivity index (χ3v) is 10.7. The maximum absolute atomic E-state index is 14.7. The number of hydrogen-bond acceptors (Lipinski definition) is 0. The lowest BCUT2D eigenvalue weighted by molar-refractivity contribution is 0.376. The second-order valence-corrected chi connectivity index (χ2v) is 13.2. The monoisotopic (exact) mass is 432 g/mol. The lowest BCUT2D eigenvalue weighted by Crippen LogP contribution is -2.39. The van der Waals surface area contributed by atoms with E-state index in [9.17, 15) is 22.0 Å². The zero-order valence-corrected chi connectivity index (χ0v) is 18.1. The van der Waals surface area contributed by atoms with Crippen LogP contribution < -0.4 is 0 Å². The van der Waals surface area contributed by atoms with Gasteiger partial charge in [-0.25, -0.2) is 22.0 Å². The molecular weight excluding hydrogens is 411 g/mol. The Bertz CT molecular complexity index is 1130. The molecule has 0 aromatic heterocycles. The van der Waals surface area contributed by atoms with Gasteiger partial charge in [0.05, 0.1) is 13.6 Å². The molecule has 30 heavy (non-hydrogen) atoms. The van der Waals surface area contributed by atoms with Crippen LogP contribution in [0.1, 0.15) is 36.1 Å². The topological polar surface area (TPSA) is 0 Å². The van der Waals surface area contributed by atoms with Crippen molar-refractivity contribution in [1.29, 1.82) is 0 Å². The highest BCUT2D eigenvalue weighted by atomic mass is 28.3. The third-order valence-electron chi connectivity index (χ3n) is 6.53. The molecule has 2 aromatic carbocycles. The summed E-state index contributed by atoms with van der Waals surface area (Å²) in [6.07, 6.45) is 5.71. The van der Waals surface area contributed by atoms with E-state index < -0.39 is 42.7 Å². The number of benzene rings is 2. The van der Waals surface area contributed by atoms with Gasteiger partial charge < -0.3 is 0 Å². The molecule has 156 valence electrons. The molecule has 0 fully saturated rings. The lowest BCUT2D eigenvalue weighted by Gasteiger charge is -2.35. The van der Waals surface area contributed by atoms with E-state index in [2.05, 4.69) is 19.2 Å². The van der Waals surface area contributed by atoms with Crippen molar-refractivity contribution in [3.63, 3.8) is 0 Å². The van der Waals surface area contributed by atoms with Crippen LogP contribution in [0, 0.1) is 35.0 Å². The molecule has 0 heterocycles. The van der Waals surface area contributed by atoms with Crippen molar-refractivity contribution in [1.82, 2.24) is 0 Å². The van der Waals surface area contributed by atoms with Gasteiger partial charge in [-0.1, -0.05) is 73.3 Å². The molecule has 0 saturated carbocycles. The Hall–Kier alpha value is -2.47. The summed E-state index contributed by atoms with van der Waals surface area (Å²) < 4.78 is 71.0. The highest BCUT2D eigenvalue weighted by Gasteiger charge is 2.44. The van der Waals surface area contributed by atoms with Crippen LogP contribution >= 0.6 is 0 Å². The fourth-order valence-electron chi connectivity index (χ4n) is 4.89. The van der Waals surface area contributed by atoms with Crippen LogP contribution in [-0.2, 0) is 0 Å². The number of halogens is 5. The Balaban J connectivity index is 1.97. The molecule has 4 rings (SSSR count). The minimum absolute atomic E-state index is 0.0433. The molecule has 2 atom stereocenters. The average Bonchev–Trinajstić information content (AvgIpc) is 3.27. The SMILES string of the molecule is CC1=CC(c2c(F)c(F)c(F)c(F)c2F)=C([Si](C)(C)C2C=Cc3ccccc32)C1C. The van der Waals surface area contributed by atoms with E-state index >= 15 is 0 Å². The minimum atomic E-state index is -2.46. The highest BCUT2D eigenvalue weighted by molar-refractivity contribution is 6.87. The summed E-state index contributed by atoms with van der Waals surface area (Å²) in [5.74, 6) is -9.64. The Kier molecular flexibility index (Phi) is 4.88. The maximum atomic E-state index is 14.7. The van der Waals surface area contributed by atoms with Crippen LogP contribution in [0.15, 0.2) is 47.2 Å². The van der Waals surface area contributed by atoms with Gasteiger partial charge in [-0.2, -0.15) is 0 Å². The van der Waals surface area contributed by atoms with Crippen molar-refractivity contribution < 1.29 is 22.0 Å². The normalized spacial score (nSPS) is 20.8. The number of fused-ring (bicyclic) bond motifs is 1. The first-order valence-electron chi connectivity index (χ1n) is 9.79. The summed E-state index contributed by atoms with van der Waals surface area (Å²) in [6, 6.07) is 7.94. The predicted molar refractivity (Wildman–Crippen MR) is 112 cm³/mol. The molecule has 0 spiro atoms. The molecule has 0 amide bonds. The van der Waals surface area contributed by atoms with E-state index in [0.29, 0.717) is 0 Å². The van der Waals surface area contributed by atoms with Crippen LogP contribution in [0.25, 0.3) is 11.6 Å². The molecule has 2 aromatic rings. The van der Waals surface area contributed by atoms with Gasteiger partial charge in [0, 0.05) is 5.54 Å². The molecule has 0 N–H and O–H groups in total. The van der Waals surface area contributed by atoms with Crippen molar-refractivity contribution in [2.45, 2.75) is 32.5 Å². The maximum Gasteiger partial charge on any atom is 0.200 e. The zero-order chi connectivity index (χ0) is 22.0. The number of rotatable bonds is 3. The number of hydrogen-bond donors (Lipinski definition) is 0. The van der Waals surface area contributed by atoms with Gasteiger partial charge in [-0.15, -0.1) is 0 Å². The van der Waals surface area contributed by atoms with Crippen molar-refractivity contribution in [2.24, 2.45) is 5.92 Å².